The molecule has 0 aliphatic rings. The highest BCUT2D eigenvalue weighted by atomic mass is 32.1. The molecule has 2 aromatic carbocycles. The summed E-state index contributed by atoms with van der Waals surface area (Å²) in [5, 5.41) is 6.07. The van der Waals surface area contributed by atoms with E-state index >= 15 is 0 Å². The summed E-state index contributed by atoms with van der Waals surface area (Å²) < 4.78 is 13.8. The van der Waals surface area contributed by atoms with E-state index in [-0.39, 0.29) is 24.1 Å². The number of nitrogens with one attached hydrogen (secondary N) is 2. The molecule has 3 aromatic rings. The number of carbonyl (C=O) groups is 2. The lowest BCUT2D eigenvalue weighted by atomic mass is 10.1. The van der Waals surface area contributed by atoms with Crippen LogP contribution in [0.1, 0.15) is 18.9 Å². The first-order valence-corrected chi connectivity index (χ1v) is 8.60. The molecule has 0 atom stereocenters. The van der Waals surface area contributed by atoms with E-state index in [1.165, 1.54) is 23.5 Å². The highest BCUT2D eigenvalue weighted by Gasteiger charge is 2.09. The average Bonchev–Trinajstić information content (AvgIpc) is 2.98. The smallest absolute Gasteiger partial charge is 0.228 e. The topological polar surface area (TPSA) is 71.1 Å². The van der Waals surface area contributed by atoms with Crippen molar-refractivity contribution < 1.29 is 14.0 Å². The predicted molar refractivity (Wildman–Crippen MR) is 97.3 cm³/mol. The maximum Gasteiger partial charge on any atom is 0.228 e. The van der Waals surface area contributed by atoms with Crippen LogP contribution in [0.5, 0.6) is 0 Å². The molecule has 0 spiro atoms. The Morgan fingerprint density at radius 2 is 1.84 bits per heavy atom. The molecular formula is C18H16FN3O2S. The van der Waals surface area contributed by atoms with Gasteiger partial charge in [0.2, 0.25) is 11.8 Å². The van der Waals surface area contributed by atoms with Gasteiger partial charge in [-0.15, -0.1) is 0 Å². The molecule has 0 unspecified atom stereocenters. The van der Waals surface area contributed by atoms with Crippen LogP contribution in [0, 0.1) is 5.82 Å². The maximum absolute atomic E-state index is 12.9. The highest BCUT2D eigenvalue weighted by molar-refractivity contribution is 7.22. The molecule has 128 valence electrons. The summed E-state index contributed by atoms with van der Waals surface area (Å²) in [6.45, 7) is 1.78. The number of amides is 2. The van der Waals surface area contributed by atoms with Crippen LogP contribution < -0.4 is 10.6 Å². The molecule has 1 heterocycles. The molecular weight excluding hydrogens is 341 g/mol. The number of carbonyl (C=O) groups excluding carboxylic acids is 2. The minimum absolute atomic E-state index is 0.0909. The lowest BCUT2D eigenvalue weighted by Crippen LogP contribution is -2.14. The average molecular weight is 357 g/mol. The van der Waals surface area contributed by atoms with E-state index in [1.54, 1.807) is 31.2 Å². The third kappa shape index (κ3) is 4.39. The minimum Gasteiger partial charge on any atom is -0.326 e. The van der Waals surface area contributed by atoms with Gasteiger partial charge in [0.15, 0.2) is 5.13 Å². The van der Waals surface area contributed by atoms with Crippen molar-refractivity contribution in [3.8, 4) is 0 Å². The van der Waals surface area contributed by atoms with E-state index in [9.17, 15) is 14.0 Å². The molecule has 0 fully saturated rings. The van der Waals surface area contributed by atoms with Gasteiger partial charge in [0, 0.05) is 12.1 Å². The molecule has 2 N–H and O–H groups in total. The van der Waals surface area contributed by atoms with Crippen molar-refractivity contribution in [3.05, 3.63) is 53.8 Å². The van der Waals surface area contributed by atoms with Crippen LogP contribution in [-0.2, 0) is 16.0 Å². The number of hydrogen-bond donors (Lipinski definition) is 2. The van der Waals surface area contributed by atoms with Crippen molar-refractivity contribution in [2.24, 2.45) is 0 Å². The normalized spacial score (nSPS) is 10.6. The fraction of sp³-hybridized carbons (Fsp3) is 0.167. The highest BCUT2D eigenvalue weighted by Crippen LogP contribution is 2.28. The Hall–Kier alpha value is -2.80. The number of halogens is 1. The molecule has 0 aliphatic carbocycles. The molecule has 0 bridgehead atoms. The van der Waals surface area contributed by atoms with Crippen molar-refractivity contribution in [1.29, 1.82) is 0 Å². The van der Waals surface area contributed by atoms with E-state index in [1.807, 2.05) is 6.07 Å². The molecule has 0 aliphatic heterocycles. The first kappa shape index (κ1) is 17.0. The number of benzene rings is 2. The quantitative estimate of drug-likeness (QED) is 0.726. The van der Waals surface area contributed by atoms with Gasteiger partial charge in [0.05, 0.1) is 16.6 Å². The van der Waals surface area contributed by atoms with Gasteiger partial charge in [0.25, 0.3) is 0 Å². The zero-order valence-corrected chi connectivity index (χ0v) is 14.3. The Balaban J connectivity index is 1.69. The van der Waals surface area contributed by atoms with Gasteiger partial charge in [0.1, 0.15) is 5.82 Å². The molecule has 0 radical (unpaired) electrons. The standard InChI is InChI=1S/C18H16FN3O2S/c1-2-16(23)22-18-21-14-10-13(7-8-15(14)25-18)20-17(24)9-11-3-5-12(19)6-4-11/h3-8,10H,2,9H2,1H3,(H,20,24)(H,21,22,23). The van der Waals surface area contributed by atoms with Crippen LogP contribution in [0.4, 0.5) is 15.2 Å². The van der Waals surface area contributed by atoms with Crippen LogP contribution in [0.3, 0.4) is 0 Å². The monoisotopic (exact) mass is 357 g/mol. The fourth-order valence-corrected chi connectivity index (χ4v) is 3.12. The van der Waals surface area contributed by atoms with Gasteiger partial charge in [-0.05, 0) is 35.9 Å². The van der Waals surface area contributed by atoms with E-state index in [2.05, 4.69) is 15.6 Å². The lowest BCUT2D eigenvalue weighted by molar-refractivity contribution is -0.116. The summed E-state index contributed by atoms with van der Waals surface area (Å²) in [4.78, 5) is 27.9. The molecule has 3 rings (SSSR count). The van der Waals surface area contributed by atoms with Crippen LogP contribution >= 0.6 is 11.3 Å². The van der Waals surface area contributed by atoms with Gasteiger partial charge >= 0.3 is 0 Å². The zero-order chi connectivity index (χ0) is 17.8. The fourth-order valence-electron chi connectivity index (χ4n) is 2.26. The van der Waals surface area contributed by atoms with Crippen LogP contribution in [0.15, 0.2) is 42.5 Å². The third-order valence-corrected chi connectivity index (χ3v) is 4.47. The summed E-state index contributed by atoms with van der Waals surface area (Å²) >= 11 is 1.38. The first-order valence-electron chi connectivity index (χ1n) is 7.78. The summed E-state index contributed by atoms with van der Waals surface area (Å²) in [5.74, 6) is -0.614. The van der Waals surface area contributed by atoms with Gasteiger partial charge in [-0.2, -0.15) is 0 Å². The SMILES string of the molecule is CCC(=O)Nc1nc2cc(NC(=O)Cc3ccc(F)cc3)ccc2s1. The van der Waals surface area contributed by atoms with Crippen molar-refractivity contribution in [2.45, 2.75) is 19.8 Å². The third-order valence-electron chi connectivity index (χ3n) is 3.52. The van der Waals surface area contributed by atoms with E-state index < -0.39 is 0 Å². The molecule has 0 saturated carbocycles. The molecule has 1 aromatic heterocycles. The Labute approximate surface area is 147 Å². The van der Waals surface area contributed by atoms with E-state index in [0.29, 0.717) is 22.8 Å². The van der Waals surface area contributed by atoms with Crippen LogP contribution in [0.2, 0.25) is 0 Å². The van der Waals surface area contributed by atoms with Crippen molar-refractivity contribution >= 4 is 44.2 Å². The molecule has 7 heteroatoms. The number of aromatic nitrogens is 1. The Kier molecular flexibility index (Phi) is 5.04. The van der Waals surface area contributed by atoms with Gasteiger partial charge < -0.3 is 10.6 Å². The maximum atomic E-state index is 12.9. The minimum atomic E-state index is -0.330. The Morgan fingerprint density at radius 3 is 2.56 bits per heavy atom. The second-order valence-electron chi connectivity index (χ2n) is 5.45. The lowest BCUT2D eigenvalue weighted by Gasteiger charge is -2.05. The Bertz CT molecular complexity index is 922. The van der Waals surface area contributed by atoms with Gasteiger partial charge in [-0.3, -0.25) is 9.59 Å². The molecule has 0 saturated heterocycles. The summed E-state index contributed by atoms with van der Waals surface area (Å²) in [6, 6.07) is 11.2. The van der Waals surface area contributed by atoms with E-state index in [0.717, 1.165) is 10.3 Å². The predicted octanol–water partition coefficient (Wildman–Crippen LogP) is 3.97. The summed E-state index contributed by atoms with van der Waals surface area (Å²) in [5.41, 5.74) is 2.06. The van der Waals surface area contributed by atoms with Crippen molar-refractivity contribution in [3.63, 3.8) is 0 Å². The van der Waals surface area contributed by atoms with Gasteiger partial charge in [-0.25, -0.2) is 9.37 Å². The number of nitrogens with zero attached hydrogens (tertiary/aromatic N) is 1. The second-order valence-corrected chi connectivity index (χ2v) is 6.49. The van der Waals surface area contributed by atoms with Gasteiger partial charge in [-0.1, -0.05) is 30.4 Å². The number of rotatable bonds is 5. The first-order chi connectivity index (χ1) is 12.0. The number of anilines is 2. The summed E-state index contributed by atoms with van der Waals surface area (Å²) in [7, 11) is 0. The van der Waals surface area contributed by atoms with Crippen molar-refractivity contribution in [1.82, 2.24) is 4.98 Å². The number of thiazole rings is 1. The summed E-state index contributed by atoms with van der Waals surface area (Å²) in [6.07, 6.45) is 0.549. The largest absolute Gasteiger partial charge is 0.326 e. The number of hydrogen-bond acceptors (Lipinski definition) is 4. The van der Waals surface area contributed by atoms with Crippen molar-refractivity contribution in [2.75, 3.05) is 10.6 Å². The van der Waals surface area contributed by atoms with Crippen LogP contribution in [0.25, 0.3) is 10.2 Å². The molecule has 5 nitrogen and oxygen atoms in total. The zero-order valence-electron chi connectivity index (χ0n) is 13.5. The van der Waals surface area contributed by atoms with E-state index in [4.69, 9.17) is 0 Å². The molecule has 25 heavy (non-hydrogen) atoms. The Morgan fingerprint density at radius 1 is 1.08 bits per heavy atom. The molecule has 2 amide bonds. The van der Waals surface area contributed by atoms with Crippen LogP contribution in [-0.4, -0.2) is 16.8 Å². The number of fused-ring (bicyclic) bond motifs is 1. The second kappa shape index (κ2) is 7.40.